The molecule has 0 aliphatic carbocycles. The van der Waals surface area contributed by atoms with Crippen LogP contribution in [-0.2, 0) is 12.7 Å². The summed E-state index contributed by atoms with van der Waals surface area (Å²) in [6.45, 7) is 0.714. The molecule has 1 aromatic carbocycles. The molecule has 7 heteroatoms. The first-order chi connectivity index (χ1) is 9.86. The molecule has 0 bridgehead atoms. The lowest BCUT2D eigenvalue weighted by Crippen LogP contribution is -2.22. The van der Waals surface area contributed by atoms with Gasteiger partial charge in [0.15, 0.2) is 0 Å². The van der Waals surface area contributed by atoms with Crippen molar-refractivity contribution in [1.29, 1.82) is 0 Å². The van der Waals surface area contributed by atoms with Crippen LogP contribution in [0.5, 0.6) is 0 Å². The van der Waals surface area contributed by atoms with E-state index >= 15 is 0 Å². The van der Waals surface area contributed by atoms with E-state index < -0.39 is 11.7 Å². The summed E-state index contributed by atoms with van der Waals surface area (Å²) in [7, 11) is 0. The summed E-state index contributed by atoms with van der Waals surface area (Å²) in [4.78, 5) is 11.5. The maximum atomic E-state index is 12.7. The van der Waals surface area contributed by atoms with E-state index in [0.29, 0.717) is 23.2 Å². The van der Waals surface area contributed by atoms with Crippen LogP contribution < -0.4 is 10.9 Å². The molecule has 0 saturated carbocycles. The van der Waals surface area contributed by atoms with Gasteiger partial charge < -0.3 is 9.88 Å². The molecule has 112 valence electrons. The molecule has 2 aromatic rings. The number of aromatic nitrogens is 1. The van der Waals surface area contributed by atoms with Gasteiger partial charge >= 0.3 is 6.18 Å². The molecule has 3 nitrogen and oxygen atoms in total. The summed E-state index contributed by atoms with van der Waals surface area (Å²) in [5.41, 5.74) is -0.526. The van der Waals surface area contributed by atoms with Crippen LogP contribution in [0.2, 0.25) is 0 Å². The van der Waals surface area contributed by atoms with E-state index in [4.69, 9.17) is 0 Å². The largest absolute Gasteiger partial charge is 0.416 e. The van der Waals surface area contributed by atoms with Crippen molar-refractivity contribution in [2.24, 2.45) is 0 Å². The minimum absolute atomic E-state index is 0.149. The number of rotatable bonds is 4. The van der Waals surface area contributed by atoms with E-state index in [1.807, 2.05) is 0 Å². The topological polar surface area (TPSA) is 34.0 Å². The van der Waals surface area contributed by atoms with Crippen LogP contribution in [-0.4, -0.2) is 11.1 Å². The van der Waals surface area contributed by atoms with E-state index in [1.54, 1.807) is 24.4 Å². The number of alkyl halides is 3. The van der Waals surface area contributed by atoms with Crippen LogP contribution in [0.15, 0.2) is 51.9 Å². The number of pyridine rings is 1. The standard InChI is InChI=1S/C14H12BrF3N2O/c15-11-7-10(14(16,17)18)8-12(9-11)19-4-6-20-5-2-1-3-13(20)21/h1-3,5,7-9,19H,4,6H2. The van der Waals surface area contributed by atoms with Gasteiger partial charge in [-0.1, -0.05) is 22.0 Å². The Morgan fingerprint density at radius 3 is 2.62 bits per heavy atom. The molecule has 0 amide bonds. The summed E-state index contributed by atoms with van der Waals surface area (Å²) in [6.07, 6.45) is -2.76. The van der Waals surface area contributed by atoms with Gasteiger partial charge in [0, 0.05) is 35.5 Å². The zero-order chi connectivity index (χ0) is 15.5. The predicted octanol–water partition coefficient (Wildman–Crippen LogP) is 3.74. The monoisotopic (exact) mass is 360 g/mol. The fourth-order valence-corrected chi connectivity index (χ4v) is 2.31. The van der Waals surface area contributed by atoms with E-state index in [-0.39, 0.29) is 5.56 Å². The summed E-state index contributed by atoms with van der Waals surface area (Å²) < 4.78 is 39.9. The number of benzene rings is 1. The SMILES string of the molecule is O=c1ccccn1CCNc1cc(Br)cc(C(F)(F)F)c1. The van der Waals surface area contributed by atoms with Gasteiger partial charge in [0.2, 0.25) is 0 Å². The maximum absolute atomic E-state index is 12.7. The highest BCUT2D eigenvalue weighted by atomic mass is 79.9. The molecule has 1 N–H and O–H groups in total. The molecule has 0 unspecified atom stereocenters. The average Bonchev–Trinajstić information content (AvgIpc) is 2.39. The Morgan fingerprint density at radius 2 is 1.95 bits per heavy atom. The first kappa shape index (κ1) is 15.6. The van der Waals surface area contributed by atoms with Gasteiger partial charge in [0.25, 0.3) is 5.56 Å². The first-order valence-corrected chi connectivity index (χ1v) is 6.93. The summed E-state index contributed by atoms with van der Waals surface area (Å²) >= 11 is 3.06. The molecular formula is C14H12BrF3N2O. The zero-order valence-corrected chi connectivity index (χ0v) is 12.4. The Labute approximate surface area is 127 Å². The lowest BCUT2D eigenvalue weighted by atomic mass is 10.2. The number of hydrogen-bond acceptors (Lipinski definition) is 2. The Bertz CT molecular complexity index is 682. The van der Waals surface area contributed by atoms with E-state index in [2.05, 4.69) is 21.2 Å². The van der Waals surface area contributed by atoms with E-state index in [1.165, 1.54) is 10.6 Å². The smallest absolute Gasteiger partial charge is 0.383 e. The molecule has 0 spiro atoms. The molecule has 2 rings (SSSR count). The lowest BCUT2D eigenvalue weighted by molar-refractivity contribution is -0.137. The van der Waals surface area contributed by atoms with Crippen LogP contribution in [0, 0.1) is 0 Å². The quantitative estimate of drug-likeness (QED) is 0.900. The minimum atomic E-state index is -4.39. The number of hydrogen-bond donors (Lipinski definition) is 1. The number of nitrogens with one attached hydrogen (secondary N) is 1. The van der Waals surface area contributed by atoms with Crippen molar-refractivity contribution in [1.82, 2.24) is 4.57 Å². The highest BCUT2D eigenvalue weighted by Crippen LogP contribution is 2.33. The van der Waals surface area contributed by atoms with Gasteiger partial charge in [-0.15, -0.1) is 0 Å². The van der Waals surface area contributed by atoms with Gasteiger partial charge in [-0.25, -0.2) is 0 Å². The highest BCUT2D eigenvalue weighted by molar-refractivity contribution is 9.10. The second kappa shape index (κ2) is 6.34. The van der Waals surface area contributed by atoms with Crippen LogP contribution in [0.25, 0.3) is 0 Å². The molecule has 0 atom stereocenters. The second-order valence-electron chi connectivity index (χ2n) is 4.39. The van der Waals surface area contributed by atoms with Crippen molar-refractivity contribution in [3.8, 4) is 0 Å². The van der Waals surface area contributed by atoms with Gasteiger partial charge in [0.1, 0.15) is 0 Å². The van der Waals surface area contributed by atoms with Crippen molar-refractivity contribution in [3.63, 3.8) is 0 Å². The highest BCUT2D eigenvalue weighted by Gasteiger charge is 2.31. The van der Waals surface area contributed by atoms with Gasteiger partial charge in [-0.2, -0.15) is 13.2 Å². The summed E-state index contributed by atoms with van der Waals surface area (Å²) in [5.74, 6) is 0. The minimum Gasteiger partial charge on any atom is -0.383 e. The van der Waals surface area contributed by atoms with Crippen LogP contribution in [0.4, 0.5) is 18.9 Å². The van der Waals surface area contributed by atoms with E-state index in [0.717, 1.165) is 12.1 Å². The van der Waals surface area contributed by atoms with Crippen molar-refractivity contribution in [3.05, 3.63) is 63.0 Å². The van der Waals surface area contributed by atoms with Crippen molar-refractivity contribution < 1.29 is 13.2 Å². The van der Waals surface area contributed by atoms with Crippen LogP contribution in [0.3, 0.4) is 0 Å². The second-order valence-corrected chi connectivity index (χ2v) is 5.30. The predicted molar refractivity (Wildman–Crippen MR) is 78.3 cm³/mol. The summed E-state index contributed by atoms with van der Waals surface area (Å²) in [5, 5.41) is 2.88. The van der Waals surface area contributed by atoms with Crippen LogP contribution in [0.1, 0.15) is 5.56 Å². The number of anilines is 1. The molecule has 0 fully saturated rings. The van der Waals surface area contributed by atoms with Crippen LogP contribution >= 0.6 is 15.9 Å². The molecule has 1 heterocycles. The van der Waals surface area contributed by atoms with Crippen molar-refractivity contribution >= 4 is 21.6 Å². The first-order valence-electron chi connectivity index (χ1n) is 6.13. The number of nitrogens with zero attached hydrogens (tertiary/aromatic N) is 1. The zero-order valence-electron chi connectivity index (χ0n) is 10.8. The van der Waals surface area contributed by atoms with Gasteiger partial charge in [-0.3, -0.25) is 4.79 Å². The lowest BCUT2D eigenvalue weighted by Gasteiger charge is -2.12. The molecule has 1 aromatic heterocycles. The van der Waals surface area contributed by atoms with Crippen molar-refractivity contribution in [2.75, 3.05) is 11.9 Å². The third-order valence-corrected chi connectivity index (χ3v) is 3.26. The third kappa shape index (κ3) is 4.35. The maximum Gasteiger partial charge on any atom is 0.416 e. The molecular weight excluding hydrogens is 349 g/mol. The Hall–Kier alpha value is -1.76. The fourth-order valence-electron chi connectivity index (χ4n) is 1.82. The molecule has 0 saturated heterocycles. The van der Waals surface area contributed by atoms with Crippen molar-refractivity contribution in [2.45, 2.75) is 12.7 Å². The Balaban J connectivity index is 2.05. The summed E-state index contributed by atoms with van der Waals surface area (Å²) in [6, 6.07) is 8.41. The molecule has 0 radical (unpaired) electrons. The Morgan fingerprint density at radius 1 is 1.19 bits per heavy atom. The third-order valence-electron chi connectivity index (χ3n) is 2.81. The molecule has 0 aliphatic rings. The van der Waals surface area contributed by atoms with Gasteiger partial charge in [0.05, 0.1) is 5.56 Å². The number of halogens is 4. The normalized spacial score (nSPS) is 11.4. The molecule has 21 heavy (non-hydrogen) atoms. The van der Waals surface area contributed by atoms with E-state index in [9.17, 15) is 18.0 Å². The van der Waals surface area contributed by atoms with Gasteiger partial charge in [-0.05, 0) is 24.3 Å². The average molecular weight is 361 g/mol. The Kier molecular flexibility index (Phi) is 4.72. The fraction of sp³-hybridized carbons (Fsp3) is 0.214. The molecule has 0 aliphatic heterocycles.